The van der Waals surface area contributed by atoms with Gasteiger partial charge in [-0.1, -0.05) is 83.3 Å². The molecule has 0 amide bonds. The van der Waals surface area contributed by atoms with Crippen LogP contribution in [0.1, 0.15) is 36.0 Å². The van der Waals surface area contributed by atoms with Gasteiger partial charge in [0.2, 0.25) is 0 Å². The van der Waals surface area contributed by atoms with Crippen LogP contribution in [0.2, 0.25) is 0 Å². The van der Waals surface area contributed by atoms with Crippen molar-refractivity contribution in [1.82, 2.24) is 5.32 Å². The van der Waals surface area contributed by atoms with E-state index in [0.29, 0.717) is 12.8 Å². The molecule has 2 atom stereocenters. The zero-order valence-corrected chi connectivity index (χ0v) is 22.3. The van der Waals surface area contributed by atoms with Crippen molar-refractivity contribution in [3.8, 4) is 11.1 Å². The molecule has 3 aromatic carbocycles. The van der Waals surface area contributed by atoms with E-state index in [1.54, 1.807) is 12.1 Å². The van der Waals surface area contributed by atoms with E-state index < -0.39 is 5.92 Å². The molecule has 1 aliphatic heterocycles. The average molecular weight is 588 g/mol. The minimum Gasteiger partial charge on any atom is -0.365 e. The molecule has 3 nitrogen and oxygen atoms in total. The maximum atomic E-state index is 13.5. The van der Waals surface area contributed by atoms with Crippen molar-refractivity contribution < 1.29 is 13.6 Å². The van der Waals surface area contributed by atoms with Gasteiger partial charge >= 0.3 is 0 Å². The summed E-state index contributed by atoms with van der Waals surface area (Å²) in [6.45, 7) is 2.61. The summed E-state index contributed by atoms with van der Waals surface area (Å²) < 4.78 is 27.9. The summed E-state index contributed by atoms with van der Waals surface area (Å²) >= 11 is 2.33. The van der Waals surface area contributed by atoms with Crippen LogP contribution < -0.4 is 10.2 Å². The molecule has 0 unspecified atom stereocenters. The van der Waals surface area contributed by atoms with E-state index in [2.05, 4.69) is 64.1 Å². The molecule has 0 aliphatic carbocycles. The number of ketones is 1. The number of alkyl halides is 3. The molecule has 0 spiro atoms. The summed E-state index contributed by atoms with van der Waals surface area (Å²) in [4.78, 5) is 15.0. The first-order valence-corrected chi connectivity index (χ1v) is 13.4. The molecule has 35 heavy (non-hydrogen) atoms. The van der Waals surface area contributed by atoms with E-state index >= 15 is 0 Å². The zero-order chi connectivity index (χ0) is 25.0. The molecule has 3 aromatic rings. The van der Waals surface area contributed by atoms with Gasteiger partial charge in [-0.3, -0.25) is 4.79 Å². The molecule has 4 rings (SSSR count). The third kappa shape index (κ3) is 6.47. The van der Waals surface area contributed by atoms with Crippen molar-refractivity contribution in [2.75, 3.05) is 29.6 Å². The van der Waals surface area contributed by atoms with E-state index in [1.165, 1.54) is 17.7 Å². The molecule has 0 bridgehead atoms. The van der Waals surface area contributed by atoms with Gasteiger partial charge in [0.15, 0.2) is 0 Å². The lowest BCUT2D eigenvalue weighted by Crippen LogP contribution is -2.17. The van der Waals surface area contributed by atoms with Gasteiger partial charge in [0, 0.05) is 50.5 Å². The summed E-state index contributed by atoms with van der Waals surface area (Å²) in [6, 6.07) is 23.0. The fourth-order valence-electron chi connectivity index (χ4n) is 4.75. The summed E-state index contributed by atoms with van der Waals surface area (Å²) in [6.07, 6.45) is 1.02. The van der Waals surface area contributed by atoms with Crippen LogP contribution in [0, 0.1) is 5.92 Å². The highest BCUT2D eigenvalue weighted by Crippen LogP contribution is 2.33. The van der Waals surface area contributed by atoms with Crippen LogP contribution in [0.15, 0.2) is 72.8 Å². The largest absolute Gasteiger partial charge is 0.365 e. The second-order valence-corrected chi connectivity index (χ2v) is 10.2. The van der Waals surface area contributed by atoms with E-state index in [0.717, 1.165) is 46.9 Å². The molecule has 184 valence electrons. The van der Waals surface area contributed by atoms with Crippen molar-refractivity contribution in [2.45, 2.75) is 31.6 Å². The second-order valence-electron chi connectivity index (χ2n) is 9.52. The molecule has 1 saturated heterocycles. The third-order valence-corrected chi connectivity index (χ3v) is 7.87. The average Bonchev–Trinajstić information content (AvgIpc) is 3.31. The van der Waals surface area contributed by atoms with Gasteiger partial charge in [-0.2, -0.15) is 0 Å². The SMILES string of the molecule is CN(CI)c1ccc(CC(=O)C[C@@H]2CNC[C@H]2c2ccc(-c3ccc(C(C)(F)F)cc3)cc2)cc1. The molecule has 1 fully saturated rings. The number of anilines is 1. The van der Waals surface area contributed by atoms with E-state index in [1.807, 2.05) is 24.3 Å². The van der Waals surface area contributed by atoms with Crippen LogP contribution in [0.4, 0.5) is 14.5 Å². The molecule has 0 aromatic heterocycles. The smallest absolute Gasteiger partial charge is 0.270 e. The van der Waals surface area contributed by atoms with Gasteiger partial charge in [0.25, 0.3) is 5.92 Å². The molecule has 0 saturated carbocycles. The zero-order valence-electron chi connectivity index (χ0n) is 20.1. The fourth-order valence-corrected chi connectivity index (χ4v) is 5.14. The van der Waals surface area contributed by atoms with Crippen molar-refractivity contribution >= 4 is 34.1 Å². The van der Waals surface area contributed by atoms with Crippen molar-refractivity contribution in [2.24, 2.45) is 5.92 Å². The Morgan fingerprint density at radius 3 is 2.14 bits per heavy atom. The second kappa shape index (κ2) is 11.2. The Bertz CT molecular complexity index is 1130. The summed E-state index contributed by atoms with van der Waals surface area (Å²) in [5, 5.41) is 3.45. The first kappa shape index (κ1) is 25.8. The lowest BCUT2D eigenvalue weighted by atomic mass is 9.84. The Morgan fingerprint density at radius 2 is 1.57 bits per heavy atom. The number of carbonyl (C=O) groups is 1. The topological polar surface area (TPSA) is 32.3 Å². The highest BCUT2D eigenvalue weighted by Gasteiger charge is 2.30. The quantitative estimate of drug-likeness (QED) is 0.170. The first-order valence-electron chi connectivity index (χ1n) is 11.9. The predicted octanol–water partition coefficient (Wildman–Crippen LogP) is 6.80. The number of halogens is 3. The standard InChI is InChI=1S/C29H31F2IN2O/c1-29(30,31)25-11-9-22(10-12-25)21-5-7-23(8-6-21)28-18-33-17-24(28)16-27(35)15-20-3-13-26(14-4-20)34(2)19-32/h3-14,24,28,33H,15-19H2,1-2H3/t24-,28+/m1/s1. The van der Waals surface area contributed by atoms with Crippen LogP contribution in [0.25, 0.3) is 11.1 Å². The maximum Gasteiger partial charge on any atom is 0.270 e. The van der Waals surface area contributed by atoms with E-state index in [9.17, 15) is 13.6 Å². The predicted molar refractivity (Wildman–Crippen MR) is 148 cm³/mol. The lowest BCUT2D eigenvalue weighted by Gasteiger charge is -2.19. The highest BCUT2D eigenvalue weighted by atomic mass is 127. The Balaban J connectivity index is 1.38. The van der Waals surface area contributed by atoms with Gasteiger partial charge in [-0.15, -0.1) is 0 Å². The van der Waals surface area contributed by atoms with Gasteiger partial charge in [0.05, 0.1) is 4.55 Å². The van der Waals surface area contributed by atoms with Crippen LogP contribution in [-0.2, 0) is 17.1 Å². The number of benzene rings is 3. The van der Waals surface area contributed by atoms with E-state index in [4.69, 9.17) is 0 Å². The van der Waals surface area contributed by atoms with Gasteiger partial charge < -0.3 is 10.2 Å². The van der Waals surface area contributed by atoms with E-state index in [-0.39, 0.29) is 23.2 Å². The van der Waals surface area contributed by atoms with Crippen molar-refractivity contribution in [3.05, 3.63) is 89.5 Å². The minimum atomic E-state index is -2.83. The number of Topliss-reactive ketones (excluding diaryl/α,β-unsaturated/α-hetero) is 1. The molecule has 0 radical (unpaired) electrons. The summed E-state index contributed by atoms with van der Waals surface area (Å²) in [5.74, 6) is -2.01. The molecule has 6 heteroatoms. The third-order valence-electron chi connectivity index (χ3n) is 6.85. The number of nitrogens with zero attached hydrogens (tertiary/aromatic N) is 1. The Labute approximate surface area is 220 Å². The Hall–Kier alpha value is -2.32. The molecule has 1 heterocycles. The lowest BCUT2D eigenvalue weighted by molar-refractivity contribution is -0.119. The molecule has 1 aliphatic rings. The summed E-state index contributed by atoms with van der Waals surface area (Å²) in [7, 11) is 2.05. The Morgan fingerprint density at radius 1 is 0.971 bits per heavy atom. The highest BCUT2D eigenvalue weighted by molar-refractivity contribution is 14.1. The maximum absolute atomic E-state index is 13.5. The van der Waals surface area contributed by atoms with Crippen LogP contribution >= 0.6 is 22.6 Å². The number of hydrogen-bond donors (Lipinski definition) is 1. The number of carbonyl (C=O) groups excluding carboxylic acids is 1. The first-order chi connectivity index (χ1) is 16.7. The number of rotatable bonds is 9. The molecule has 1 N–H and O–H groups in total. The van der Waals surface area contributed by atoms with Gasteiger partial charge in [0.1, 0.15) is 5.78 Å². The minimum absolute atomic E-state index is 0.0197. The van der Waals surface area contributed by atoms with Crippen LogP contribution in [0.3, 0.4) is 0 Å². The van der Waals surface area contributed by atoms with Crippen molar-refractivity contribution in [3.63, 3.8) is 0 Å². The van der Waals surface area contributed by atoms with Crippen LogP contribution in [-0.4, -0.2) is 30.5 Å². The fraction of sp³-hybridized carbons (Fsp3) is 0.345. The monoisotopic (exact) mass is 588 g/mol. The van der Waals surface area contributed by atoms with Crippen LogP contribution in [0.5, 0.6) is 0 Å². The summed E-state index contributed by atoms with van der Waals surface area (Å²) in [5.41, 5.74) is 5.34. The Kier molecular flexibility index (Phi) is 8.22. The number of nitrogens with one attached hydrogen (secondary N) is 1. The molecular formula is C29H31F2IN2O. The van der Waals surface area contributed by atoms with Gasteiger partial charge in [-0.25, -0.2) is 8.78 Å². The normalized spacial score (nSPS) is 18.0. The number of hydrogen-bond acceptors (Lipinski definition) is 3. The molecular weight excluding hydrogens is 557 g/mol. The van der Waals surface area contributed by atoms with Crippen molar-refractivity contribution in [1.29, 1.82) is 0 Å². The van der Waals surface area contributed by atoms with Gasteiger partial charge in [-0.05, 0) is 46.8 Å².